The van der Waals surface area contributed by atoms with E-state index in [1.165, 1.54) is 28.6 Å². The molecule has 0 aliphatic rings. The maximum Gasteiger partial charge on any atom is 0.409 e. The molecule has 7 nitrogen and oxygen atoms in total. The fourth-order valence-corrected chi connectivity index (χ4v) is 3.61. The number of sulfone groups is 1. The van der Waals surface area contributed by atoms with Crippen molar-refractivity contribution in [3.05, 3.63) is 53.1 Å². The van der Waals surface area contributed by atoms with E-state index in [-0.39, 0.29) is 24.8 Å². The monoisotopic (exact) mass is 407 g/mol. The zero-order chi connectivity index (χ0) is 20.9. The van der Waals surface area contributed by atoms with Crippen molar-refractivity contribution in [2.75, 3.05) is 32.2 Å². The molecule has 154 valence electrons. The molecule has 1 aromatic carbocycles. The molecule has 2 rings (SSSR count). The number of imidazole rings is 1. The summed E-state index contributed by atoms with van der Waals surface area (Å²) in [4.78, 5) is 17.8. The highest BCUT2D eigenvalue weighted by atomic mass is 32.2. The van der Waals surface area contributed by atoms with Crippen LogP contribution in [-0.2, 0) is 21.1 Å². The van der Waals surface area contributed by atoms with Gasteiger partial charge in [0.05, 0.1) is 12.3 Å². The largest absolute Gasteiger partial charge is 0.448 e. The van der Waals surface area contributed by atoms with E-state index < -0.39 is 15.9 Å². The first-order valence-corrected chi connectivity index (χ1v) is 11.3. The summed E-state index contributed by atoms with van der Waals surface area (Å²) < 4.78 is 29.7. The molecule has 0 N–H and O–H groups in total. The minimum Gasteiger partial charge on any atom is -0.448 e. The van der Waals surface area contributed by atoms with E-state index in [1.54, 1.807) is 6.20 Å². The topological polar surface area (TPSA) is 81.5 Å². The first-order chi connectivity index (χ1) is 13.1. The Balaban J connectivity index is 1.95. The maximum absolute atomic E-state index is 12.0. The number of hydrogen-bond donors (Lipinski definition) is 0. The zero-order valence-corrected chi connectivity index (χ0v) is 18.0. The van der Waals surface area contributed by atoms with Crippen LogP contribution >= 0.6 is 0 Å². The van der Waals surface area contributed by atoms with E-state index >= 15 is 0 Å². The van der Waals surface area contributed by atoms with Crippen molar-refractivity contribution < 1.29 is 17.9 Å². The molecule has 2 aromatic rings. The number of ether oxygens (including phenoxy) is 1. The van der Waals surface area contributed by atoms with Crippen molar-refractivity contribution in [1.82, 2.24) is 14.5 Å². The van der Waals surface area contributed by atoms with Gasteiger partial charge in [0.2, 0.25) is 0 Å². The standard InChI is InChI=1S/C20H29N3O4S/c1-15-7-6-8-18(16(15)2)17(3)19-21-9-10-23(19)11-13-27-20(24)22(4)12-14-28(5,25)26/h6-10,17H,11-14H2,1-5H3. The van der Waals surface area contributed by atoms with Crippen LogP contribution in [0.15, 0.2) is 30.6 Å². The van der Waals surface area contributed by atoms with Crippen LogP contribution in [0.4, 0.5) is 4.79 Å². The summed E-state index contributed by atoms with van der Waals surface area (Å²) in [6, 6.07) is 6.26. The predicted octanol–water partition coefficient (Wildman–Crippen LogP) is 2.76. The van der Waals surface area contributed by atoms with Crippen molar-refractivity contribution in [1.29, 1.82) is 0 Å². The lowest BCUT2D eigenvalue weighted by Crippen LogP contribution is -2.32. The molecule has 0 fully saturated rings. The molecule has 0 spiro atoms. The SMILES string of the molecule is Cc1cccc(C(C)c2nccn2CCOC(=O)N(C)CCS(C)(=O)=O)c1C. The van der Waals surface area contributed by atoms with Crippen molar-refractivity contribution in [2.45, 2.75) is 33.2 Å². The Morgan fingerprint density at radius 3 is 2.71 bits per heavy atom. The number of aromatic nitrogens is 2. The predicted molar refractivity (Wildman–Crippen MR) is 109 cm³/mol. The third-order valence-electron chi connectivity index (χ3n) is 4.91. The van der Waals surface area contributed by atoms with Crippen molar-refractivity contribution in [2.24, 2.45) is 0 Å². The molecule has 0 radical (unpaired) electrons. The summed E-state index contributed by atoms with van der Waals surface area (Å²) in [5.41, 5.74) is 3.72. The normalized spacial score (nSPS) is 12.6. The van der Waals surface area contributed by atoms with E-state index in [4.69, 9.17) is 4.74 Å². The summed E-state index contributed by atoms with van der Waals surface area (Å²) in [5.74, 6) is 0.940. The molecule has 1 amide bonds. The molecule has 1 atom stereocenters. The number of benzene rings is 1. The second kappa shape index (κ2) is 9.23. The highest BCUT2D eigenvalue weighted by Gasteiger charge is 2.18. The van der Waals surface area contributed by atoms with E-state index in [9.17, 15) is 13.2 Å². The first kappa shape index (κ1) is 21.9. The maximum atomic E-state index is 12.0. The van der Waals surface area contributed by atoms with E-state index in [0.717, 1.165) is 12.1 Å². The second-order valence-corrected chi connectivity index (χ2v) is 9.42. The molecule has 0 saturated carbocycles. The molecular formula is C20H29N3O4S. The minimum absolute atomic E-state index is 0.0857. The summed E-state index contributed by atoms with van der Waals surface area (Å²) in [7, 11) is -1.59. The van der Waals surface area contributed by atoms with Crippen molar-refractivity contribution in [3.63, 3.8) is 0 Å². The van der Waals surface area contributed by atoms with Crippen LogP contribution in [0.5, 0.6) is 0 Å². The highest BCUT2D eigenvalue weighted by Crippen LogP contribution is 2.27. The first-order valence-electron chi connectivity index (χ1n) is 9.23. The van der Waals surface area contributed by atoms with Gasteiger partial charge in [-0.15, -0.1) is 0 Å². The third kappa shape index (κ3) is 5.82. The molecule has 1 unspecified atom stereocenters. The lowest BCUT2D eigenvalue weighted by atomic mass is 9.93. The van der Waals surface area contributed by atoms with Gasteiger partial charge in [-0.1, -0.05) is 25.1 Å². The van der Waals surface area contributed by atoms with Gasteiger partial charge in [0.15, 0.2) is 0 Å². The average Bonchev–Trinajstić information content (AvgIpc) is 3.09. The van der Waals surface area contributed by atoms with Crippen LogP contribution in [0.1, 0.15) is 35.4 Å². The lowest BCUT2D eigenvalue weighted by molar-refractivity contribution is 0.109. The van der Waals surface area contributed by atoms with Crippen LogP contribution in [0, 0.1) is 13.8 Å². The molecule has 0 aliphatic heterocycles. The van der Waals surface area contributed by atoms with Crippen LogP contribution in [0.3, 0.4) is 0 Å². The third-order valence-corrected chi connectivity index (χ3v) is 5.84. The molecular weight excluding hydrogens is 378 g/mol. The van der Waals surface area contributed by atoms with Gasteiger partial charge in [-0.3, -0.25) is 0 Å². The Hall–Kier alpha value is -2.35. The van der Waals surface area contributed by atoms with Crippen LogP contribution in [0.2, 0.25) is 0 Å². The molecule has 1 heterocycles. The van der Waals surface area contributed by atoms with E-state index in [1.807, 2.05) is 10.8 Å². The summed E-state index contributed by atoms with van der Waals surface area (Å²) in [5, 5.41) is 0. The summed E-state index contributed by atoms with van der Waals surface area (Å²) >= 11 is 0. The van der Waals surface area contributed by atoms with Gasteiger partial charge in [0.1, 0.15) is 22.3 Å². The second-order valence-electron chi connectivity index (χ2n) is 7.16. The lowest BCUT2D eigenvalue weighted by Gasteiger charge is -2.19. The van der Waals surface area contributed by atoms with Crippen LogP contribution < -0.4 is 0 Å². The van der Waals surface area contributed by atoms with Crippen LogP contribution in [0.25, 0.3) is 0 Å². The fourth-order valence-electron chi connectivity index (χ4n) is 3.01. The Bertz CT molecular complexity index is 921. The smallest absolute Gasteiger partial charge is 0.409 e. The van der Waals surface area contributed by atoms with E-state index in [0.29, 0.717) is 6.54 Å². The van der Waals surface area contributed by atoms with Gasteiger partial charge < -0.3 is 14.2 Å². The quantitative estimate of drug-likeness (QED) is 0.672. The Labute approximate surface area is 167 Å². The number of nitrogens with zero attached hydrogens (tertiary/aromatic N) is 3. The van der Waals surface area contributed by atoms with E-state index in [2.05, 4.69) is 44.0 Å². The Kier molecular flexibility index (Phi) is 7.23. The van der Waals surface area contributed by atoms with Crippen molar-refractivity contribution >= 4 is 15.9 Å². The van der Waals surface area contributed by atoms with Crippen LogP contribution in [-0.4, -0.2) is 61.2 Å². The number of rotatable bonds is 8. The molecule has 28 heavy (non-hydrogen) atoms. The Morgan fingerprint density at radius 1 is 1.32 bits per heavy atom. The average molecular weight is 408 g/mol. The van der Waals surface area contributed by atoms with Gasteiger partial charge in [0, 0.05) is 38.2 Å². The van der Waals surface area contributed by atoms with Gasteiger partial charge in [-0.25, -0.2) is 18.2 Å². The van der Waals surface area contributed by atoms with Gasteiger partial charge >= 0.3 is 6.09 Å². The number of hydrogen-bond acceptors (Lipinski definition) is 5. The molecule has 8 heteroatoms. The van der Waals surface area contributed by atoms with Gasteiger partial charge in [0.25, 0.3) is 0 Å². The molecule has 0 bridgehead atoms. The molecule has 1 aromatic heterocycles. The van der Waals surface area contributed by atoms with Gasteiger partial charge in [-0.2, -0.15) is 0 Å². The summed E-state index contributed by atoms with van der Waals surface area (Å²) in [6.07, 6.45) is 4.23. The fraction of sp³-hybridized carbons (Fsp3) is 0.500. The number of aryl methyl sites for hydroxylation is 1. The molecule has 0 aliphatic carbocycles. The molecule has 0 saturated heterocycles. The minimum atomic E-state index is -3.12. The number of carbonyl (C=O) groups excluding carboxylic acids is 1. The Morgan fingerprint density at radius 2 is 2.04 bits per heavy atom. The summed E-state index contributed by atoms with van der Waals surface area (Å²) in [6.45, 7) is 7.10. The zero-order valence-electron chi connectivity index (χ0n) is 17.2. The highest BCUT2D eigenvalue weighted by molar-refractivity contribution is 7.90. The number of amides is 1. The van der Waals surface area contributed by atoms with Gasteiger partial charge in [-0.05, 0) is 30.5 Å². The number of carbonyl (C=O) groups is 1. The van der Waals surface area contributed by atoms with Crippen molar-refractivity contribution in [3.8, 4) is 0 Å².